The molecule has 0 saturated carbocycles. The highest BCUT2D eigenvalue weighted by Gasteiger charge is 2.07. The van der Waals surface area contributed by atoms with Crippen LogP contribution in [0.1, 0.15) is 40.0 Å². The molecule has 1 amide bonds. The summed E-state index contributed by atoms with van der Waals surface area (Å²) in [6.07, 6.45) is 2.40. The fourth-order valence-electron chi connectivity index (χ4n) is 1.03. The molecular weight excluding hydrogens is 222 g/mol. The fraction of sp³-hybridized carbons (Fsp3) is 0.833. The number of nitrogens with one attached hydrogen (secondary N) is 1. The highest BCUT2D eigenvalue weighted by molar-refractivity contribution is 5.77. The Hall–Kier alpha value is -1.26. The molecule has 0 aliphatic carbocycles. The van der Waals surface area contributed by atoms with Gasteiger partial charge in [0.2, 0.25) is 0 Å². The topological polar surface area (TPSA) is 64.6 Å². The lowest BCUT2D eigenvalue weighted by atomic mass is 10.2. The Morgan fingerprint density at radius 1 is 1.18 bits per heavy atom. The number of carbonyl (C=O) groups is 2. The molecule has 100 valence electrons. The standard InChI is InChI=1S/C12H23NO4/c1-4-5-6-7-16-11(14)8-13-12(15)17-9-10(2)3/h10H,4-9H2,1-3H3,(H,13,15). The Kier molecular flexibility index (Phi) is 9.19. The SMILES string of the molecule is CCCCCOC(=O)CNC(=O)OCC(C)C. The van der Waals surface area contributed by atoms with Gasteiger partial charge in [0.25, 0.3) is 0 Å². The fourth-order valence-corrected chi connectivity index (χ4v) is 1.03. The van der Waals surface area contributed by atoms with Gasteiger partial charge in [-0.25, -0.2) is 4.79 Å². The van der Waals surface area contributed by atoms with Crippen LogP contribution in [0.4, 0.5) is 4.79 Å². The number of carbonyl (C=O) groups excluding carboxylic acids is 2. The Morgan fingerprint density at radius 2 is 1.88 bits per heavy atom. The lowest BCUT2D eigenvalue weighted by Gasteiger charge is -2.08. The Balaban J connectivity index is 3.45. The number of rotatable bonds is 8. The van der Waals surface area contributed by atoms with Gasteiger partial charge in [0, 0.05) is 0 Å². The summed E-state index contributed by atoms with van der Waals surface area (Å²) in [5.41, 5.74) is 0. The number of hydrogen-bond donors (Lipinski definition) is 1. The van der Waals surface area contributed by atoms with Crippen LogP contribution >= 0.6 is 0 Å². The zero-order chi connectivity index (χ0) is 13.1. The molecule has 0 radical (unpaired) electrons. The average molecular weight is 245 g/mol. The van der Waals surface area contributed by atoms with Gasteiger partial charge < -0.3 is 14.8 Å². The minimum absolute atomic E-state index is 0.136. The molecule has 0 aliphatic heterocycles. The van der Waals surface area contributed by atoms with Gasteiger partial charge in [0.05, 0.1) is 13.2 Å². The zero-order valence-electron chi connectivity index (χ0n) is 11.0. The van der Waals surface area contributed by atoms with E-state index in [2.05, 4.69) is 12.2 Å². The molecule has 0 aromatic heterocycles. The Bertz CT molecular complexity index is 229. The Labute approximate surface area is 103 Å². The van der Waals surface area contributed by atoms with Crippen molar-refractivity contribution in [2.75, 3.05) is 19.8 Å². The molecule has 0 fully saturated rings. The van der Waals surface area contributed by atoms with Crippen LogP contribution < -0.4 is 5.32 Å². The summed E-state index contributed by atoms with van der Waals surface area (Å²) >= 11 is 0. The van der Waals surface area contributed by atoms with Gasteiger partial charge in [0.15, 0.2) is 0 Å². The summed E-state index contributed by atoms with van der Waals surface area (Å²) < 4.78 is 9.75. The van der Waals surface area contributed by atoms with Gasteiger partial charge in [-0.1, -0.05) is 33.6 Å². The molecule has 0 aromatic rings. The van der Waals surface area contributed by atoms with Crippen molar-refractivity contribution in [1.29, 1.82) is 0 Å². The summed E-state index contributed by atoms with van der Waals surface area (Å²) in [7, 11) is 0. The lowest BCUT2D eigenvalue weighted by molar-refractivity contribution is -0.142. The summed E-state index contributed by atoms with van der Waals surface area (Å²) in [6.45, 7) is 6.58. The molecule has 0 saturated heterocycles. The van der Waals surface area contributed by atoms with Crippen LogP contribution in [0, 0.1) is 5.92 Å². The van der Waals surface area contributed by atoms with E-state index >= 15 is 0 Å². The second kappa shape index (κ2) is 9.93. The zero-order valence-corrected chi connectivity index (χ0v) is 11.0. The van der Waals surface area contributed by atoms with Crippen molar-refractivity contribution >= 4 is 12.1 Å². The molecule has 0 heterocycles. The van der Waals surface area contributed by atoms with E-state index in [1.807, 2.05) is 13.8 Å². The molecule has 0 atom stereocenters. The first kappa shape index (κ1) is 15.7. The van der Waals surface area contributed by atoms with E-state index in [0.29, 0.717) is 13.2 Å². The van der Waals surface area contributed by atoms with Gasteiger partial charge in [-0.2, -0.15) is 0 Å². The molecule has 0 aromatic carbocycles. The molecule has 0 unspecified atom stereocenters. The molecule has 1 N–H and O–H groups in total. The van der Waals surface area contributed by atoms with Crippen molar-refractivity contribution < 1.29 is 19.1 Å². The first-order valence-electron chi connectivity index (χ1n) is 6.12. The maximum atomic E-state index is 11.2. The van der Waals surface area contributed by atoms with Gasteiger partial charge in [-0.3, -0.25) is 4.79 Å². The van der Waals surface area contributed by atoms with Crippen molar-refractivity contribution in [2.45, 2.75) is 40.0 Å². The number of hydrogen-bond acceptors (Lipinski definition) is 4. The third-order valence-electron chi connectivity index (χ3n) is 1.94. The minimum Gasteiger partial charge on any atom is -0.464 e. The maximum Gasteiger partial charge on any atom is 0.407 e. The average Bonchev–Trinajstić information content (AvgIpc) is 2.29. The van der Waals surface area contributed by atoms with Crippen LogP contribution in [-0.2, 0) is 14.3 Å². The normalized spacial score (nSPS) is 10.1. The second-order valence-corrected chi connectivity index (χ2v) is 4.27. The highest BCUT2D eigenvalue weighted by Crippen LogP contribution is 1.94. The molecule has 5 nitrogen and oxygen atoms in total. The largest absolute Gasteiger partial charge is 0.464 e. The smallest absolute Gasteiger partial charge is 0.407 e. The van der Waals surface area contributed by atoms with Crippen LogP contribution in [0.5, 0.6) is 0 Å². The van der Waals surface area contributed by atoms with Crippen molar-refractivity contribution in [3.63, 3.8) is 0 Å². The number of amides is 1. The predicted octanol–water partition coefficient (Wildman–Crippen LogP) is 2.10. The van der Waals surface area contributed by atoms with E-state index in [9.17, 15) is 9.59 Å². The highest BCUT2D eigenvalue weighted by atomic mass is 16.6. The summed E-state index contributed by atoms with van der Waals surface area (Å²) in [4.78, 5) is 22.2. The maximum absolute atomic E-state index is 11.2. The first-order valence-corrected chi connectivity index (χ1v) is 6.12. The summed E-state index contributed by atoms with van der Waals surface area (Å²) in [5.74, 6) is -0.149. The van der Waals surface area contributed by atoms with Crippen LogP contribution in [0.2, 0.25) is 0 Å². The molecular formula is C12H23NO4. The summed E-state index contributed by atoms with van der Waals surface area (Å²) in [5, 5.41) is 2.34. The second-order valence-electron chi connectivity index (χ2n) is 4.27. The van der Waals surface area contributed by atoms with Crippen LogP contribution in [0.15, 0.2) is 0 Å². The molecule has 0 aliphatic rings. The van der Waals surface area contributed by atoms with Gasteiger partial charge in [-0.05, 0) is 12.3 Å². The number of ether oxygens (including phenoxy) is 2. The third kappa shape index (κ3) is 11.0. The third-order valence-corrected chi connectivity index (χ3v) is 1.94. The first-order chi connectivity index (χ1) is 8.06. The Morgan fingerprint density at radius 3 is 2.47 bits per heavy atom. The van der Waals surface area contributed by atoms with Crippen molar-refractivity contribution in [3.8, 4) is 0 Å². The molecule has 0 bridgehead atoms. The van der Waals surface area contributed by atoms with E-state index in [-0.39, 0.29) is 12.5 Å². The quantitative estimate of drug-likeness (QED) is 0.525. The van der Waals surface area contributed by atoms with Gasteiger partial charge in [0.1, 0.15) is 6.54 Å². The van der Waals surface area contributed by atoms with Crippen molar-refractivity contribution in [3.05, 3.63) is 0 Å². The van der Waals surface area contributed by atoms with Crippen LogP contribution in [0.25, 0.3) is 0 Å². The van der Waals surface area contributed by atoms with Crippen molar-refractivity contribution in [1.82, 2.24) is 5.32 Å². The van der Waals surface area contributed by atoms with E-state index < -0.39 is 12.1 Å². The number of esters is 1. The minimum atomic E-state index is -0.579. The molecule has 0 rings (SSSR count). The molecule has 0 spiro atoms. The summed E-state index contributed by atoms with van der Waals surface area (Å²) in [6, 6.07) is 0. The van der Waals surface area contributed by atoms with Gasteiger partial charge >= 0.3 is 12.1 Å². The number of unbranched alkanes of at least 4 members (excludes halogenated alkanes) is 2. The van der Waals surface area contributed by atoms with E-state index in [1.54, 1.807) is 0 Å². The van der Waals surface area contributed by atoms with E-state index in [4.69, 9.17) is 9.47 Å². The van der Waals surface area contributed by atoms with E-state index in [1.165, 1.54) is 0 Å². The van der Waals surface area contributed by atoms with Crippen LogP contribution in [-0.4, -0.2) is 31.8 Å². The number of alkyl carbamates (subject to hydrolysis) is 1. The van der Waals surface area contributed by atoms with Crippen LogP contribution in [0.3, 0.4) is 0 Å². The molecule has 5 heteroatoms. The predicted molar refractivity (Wildman–Crippen MR) is 64.7 cm³/mol. The molecule has 17 heavy (non-hydrogen) atoms. The van der Waals surface area contributed by atoms with E-state index in [0.717, 1.165) is 19.3 Å². The van der Waals surface area contributed by atoms with Crippen molar-refractivity contribution in [2.24, 2.45) is 5.92 Å². The van der Waals surface area contributed by atoms with Gasteiger partial charge in [-0.15, -0.1) is 0 Å². The lowest BCUT2D eigenvalue weighted by Crippen LogP contribution is -2.32. The monoisotopic (exact) mass is 245 g/mol.